The van der Waals surface area contributed by atoms with Crippen LogP contribution in [0.25, 0.3) is 0 Å². The molecule has 0 amide bonds. The van der Waals surface area contributed by atoms with Crippen LogP contribution in [0.4, 0.5) is 0 Å². The first-order valence-electron chi connectivity index (χ1n) is 6.61. The average Bonchev–Trinajstić information content (AvgIpc) is 2.92. The van der Waals surface area contributed by atoms with Gasteiger partial charge in [0.1, 0.15) is 5.75 Å². The molecular weight excluding hydrogens is 238 g/mol. The van der Waals surface area contributed by atoms with Crippen LogP contribution in [-0.4, -0.2) is 16.7 Å². The monoisotopic (exact) mass is 259 g/mol. The van der Waals surface area contributed by atoms with Gasteiger partial charge in [0.2, 0.25) is 0 Å². The number of aryl methyl sites for hydroxylation is 1. The molecule has 1 aromatic heterocycles. The van der Waals surface area contributed by atoms with Crippen molar-refractivity contribution >= 4 is 0 Å². The van der Waals surface area contributed by atoms with Gasteiger partial charge in [-0.1, -0.05) is 18.2 Å². The number of hydrogen-bond donors (Lipinski definition) is 1. The first-order valence-corrected chi connectivity index (χ1v) is 6.61. The van der Waals surface area contributed by atoms with Crippen LogP contribution in [0.15, 0.2) is 36.8 Å². The Labute approximate surface area is 114 Å². The molecule has 102 valence electrons. The minimum absolute atomic E-state index is 0.233. The van der Waals surface area contributed by atoms with Crippen LogP contribution < -0.4 is 10.1 Å². The molecule has 0 aliphatic rings. The summed E-state index contributed by atoms with van der Waals surface area (Å²) in [5, 5.41) is 3.51. The van der Waals surface area contributed by atoms with Gasteiger partial charge in [-0.3, -0.25) is 0 Å². The number of hydrogen-bond acceptors (Lipinski definition) is 3. The van der Waals surface area contributed by atoms with Crippen LogP contribution in [0.1, 0.15) is 31.1 Å². The van der Waals surface area contributed by atoms with Gasteiger partial charge in [-0.15, -0.1) is 0 Å². The molecule has 0 radical (unpaired) electrons. The third kappa shape index (κ3) is 3.15. The maximum absolute atomic E-state index is 5.39. The van der Waals surface area contributed by atoms with Crippen LogP contribution in [-0.2, 0) is 13.1 Å². The summed E-state index contributed by atoms with van der Waals surface area (Å²) in [5.74, 6) is 0.923. The molecule has 4 nitrogen and oxygen atoms in total. The maximum atomic E-state index is 5.39. The molecule has 0 bridgehead atoms. The van der Waals surface area contributed by atoms with Crippen molar-refractivity contribution in [1.82, 2.24) is 14.9 Å². The summed E-state index contributed by atoms with van der Waals surface area (Å²) in [6.45, 7) is 6.01. The Morgan fingerprint density at radius 1 is 1.37 bits per heavy atom. The number of benzene rings is 1. The number of nitrogens with one attached hydrogen (secondary N) is 1. The molecule has 0 aliphatic carbocycles. The minimum Gasteiger partial charge on any atom is -0.496 e. The van der Waals surface area contributed by atoms with Gasteiger partial charge in [-0.05, 0) is 19.9 Å². The molecule has 1 aromatic carbocycles. The van der Waals surface area contributed by atoms with Crippen molar-refractivity contribution in [2.45, 2.75) is 33.0 Å². The highest BCUT2D eigenvalue weighted by molar-refractivity contribution is 5.35. The van der Waals surface area contributed by atoms with Crippen molar-refractivity contribution in [3.63, 3.8) is 0 Å². The standard InChI is InChI=1S/C15H21N3O/c1-4-18-11-16-9-13(18)10-17-12(2)14-7-5-6-8-15(14)19-3/h5-9,11-12,17H,4,10H2,1-3H3/t12-/m1/s1. The third-order valence-corrected chi connectivity index (χ3v) is 3.33. The average molecular weight is 259 g/mol. The Bertz CT molecular complexity index is 522. The highest BCUT2D eigenvalue weighted by Gasteiger charge is 2.11. The van der Waals surface area contributed by atoms with Crippen molar-refractivity contribution in [1.29, 1.82) is 0 Å². The largest absolute Gasteiger partial charge is 0.496 e. The number of methoxy groups -OCH3 is 1. The quantitative estimate of drug-likeness (QED) is 0.867. The van der Waals surface area contributed by atoms with E-state index in [2.05, 4.69) is 34.8 Å². The van der Waals surface area contributed by atoms with E-state index in [1.54, 1.807) is 7.11 Å². The van der Waals surface area contributed by atoms with E-state index < -0.39 is 0 Å². The molecule has 1 N–H and O–H groups in total. The molecule has 0 unspecified atom stereocenters. The normalized spacial score (nSPS) is 12.4. The minimum atomic E-state index is 0.233. The van der Waals surface area contributed by atoms with E-state index in [9.17, 15) is 0 Å². The molecule has 0 spiro atoms. The molecule has 0 saturated carbocycles. The van der Waals surface area contributed by atoms with Gasteiger partial charge in [0, 0.05) is 30.9 Å². The van der Waals surface area contributed by atoms with Gasteiger partial charge < -0.3 is 14.6 Å². The zero-order valence-corrected chi connectivity index (χ0v) is 11.8. The van der Waals surface area contributed by atoms with Gasteiger partial charge >= 0.3 is 0 Å². The molecule has 4 heteroatoms. The van der Waals surface area contributed by atoms with Crippen LogP contribution in [0, 0.1) is 0 Å². The number of nitrogens with zero attached hydrogens (tertiary/aromatic N) is 2. The first-order chi connectivity index (χ1) is 9.26. The number of para-hydroxylation sites is 1. The lowest BCUT2D eigenvalue weighted by molar-refractivity contribution is 0.401. The van der Waals surface area contributed by atoms with Crippen LogP contribution >= 0.6 is 0 Å². The van der Waals surface area contributed by atoms with Gasteiger partial charge in [-0.25, -0.2) is 4.98 Å². The zero-order chi connectivity index (χ0) is 13.7. The lowest BCUT2D eigenvalue weighted by Crippen LogP contribution is -2.20. The van der Waals surface area contributed by atoms with E-state index in [4.69, 9.17) is 4.74 Å². The number of aromatic nitrogens is 2. The predicted octanol–water partition coefficient (Wildman–Crippen LogP) is 2.76. The summed E-state index contributed by atoms with van der Waals surface area (Å²) in [4.78, 5) is 4.18. The molecule has 0 fully saturated rings. The van der Waals surface area contributed by atoms with Crippen LogP contribution in [0.3, 0.4) is 0 Å². The highest BCUT2D eigenvalue weighted by Crippen LogP contribution is 2.24. The van der Waals surface area contributed by atoms with Gasteiger partial charge in [0.05, 0.1) is 19.1 Å². The smallest absolute Gasteiger partial charge is 0.123 e. The molecule has 2 rings (SSSR count). The van der Waals surface area contributed by atoms with Crippen molar-refractivity contribution in [3.05, 3.63) is 48.0 Å². The molecule has 0 saturated heterocycles. The van der Waals surface area contributed by atoms with E-state index >= 15 is 0 Å². The number of rotatable bonds is 6. The molecule has 19 heavy (non-hydrogen) atoms. The molecular formula is C15H21N3O. The summed E-state index contributed by atoms with van der Waals surface area (Å²) in [6, 6.07) is 8.33. The Kier molecular flexibility index (Phi) is 4.58. The van der Waals surface area contributed by atoms with Gasteiger partial charge in [-0.2, -0.15) is 0 Å². The van der Waals surface area contributed by atoms with Crippen molar-refractivity contribution in [2.24, 2.45) is 0 Å². The van der Waals surface area contributed by atoms with Crippen molar-refractivity contribution in [2.75, 3.05) is 7.11 Å². The number of ether oxygens (including phenoxy) is 1. The summed E-state index contributed by atoms with van der Waals surface area (Å²) < 4.78 is 7.53. The van der Waals surface area contributed by atoms with Crippen molar-refractivity contribution in [3.8, 4) is 5.75 Å². The topological polar surface area (TPSA) is 39.1 Å². The Balaban J connectivity index is 2.03. The Hall–Kier alpha value is -1.81. The van der Waals surface area contributed by atoms with Crippen LogP contribution in [0.5, 0.6) is 5.75 Å². The first kappa shape index (κ1) is 13.6. The Morgan fingerprint density at radius 2 is 2.16 bits per heavy atom. The van der Waals surface area contributed by atoms with E-state index in [1.807, 2.05) is 30.7 Å². The van der Waals surface area contributed by atoms with E-state index in [1.165, 1.54) is 11.3 Å². The third-order valence-electron chi connectivity index (χ3n) is 3.33. The molecule has 2 aromatic rings. The lowest BCUT2D eigenvalue weighted by atomic mass is 10.1. The second-order valence-corrected chi connectivity index (χ2v) is 4.52. The van der Waals surface area contributed by atoms with Gasteiger partial charge in [0.25, 0.3) is 0 Å². The van der Waals surface area contributed by atoms with E-state index in [0.717, 1.165) is 18.8 Å². The fraction of sp³-hybridized carbons (Fsp3) is 0.400. The molecule has 0 aliphatic heterocycles. The molecule has 1 atom stereocenters. The lowest BCUT2D eigenvalue weighted by Gasteiger charge is -2.17. The SMILES string of the molecule is CCn1cncc1CN[C@H](C)c1ccccc1OC. The predicted molar refractivity (Wildman–Crippen MR) is 76.1 cm³/mol. The van der Waals surface area contributed by atoms with Gasteiger partial charge in [0.15, 0.2) is 0 Å². The zero-order valence-electron chi connectivity index (χ0n) is 11.8. The fourth-order valence-corrected chi connectivity index (χ4v) is 2.17. The van der Waals surface area contributed by atoms with E-state index in [0.29, 0.717) is 0 Å². The second kappa shape index (κ2) is 6.38. The van der Waals surface area contributed by atoms with Crippen molar-refractivity contribution < 1.29 is 4.74 Å². The number of imidazole rings is 1. The summed E-state index contributed by atoms with van der Waals surface area (Å²) >= 11 is 0. The maximum Gasteiger partial charge on any atom is 0.123 e. The summed E-state index contributed by atoms with van der Waals surface area (Å²) in [7, 11) is 1.71. The fourth-order valence-electron chi connectivity index (χ4n) is 2.17. The highest BCUT2D eigenvalue weighted by atomic mass is 16.5. The second-order valence-electron chi connectivity index (χ2n) is 4.52. The Morgan fingerprint density at radius 3 is 2.89 bits per heavy atom. The summed E-state index contributed by atoms with van der Waals surface area (Å²) in [5.41, 5.74) is 2.37. The van der Waals surface area contributed by atoms with E-state index in [-0.39, 0.29) is 6.04 Å². The summed E-state index contributed by atoms with van der Waals surface area (Å²) in [6.07, 6.45) is 3.77. The molecule has 1 heterocycles. The van der Waals surface area contributed by atoms with Crippen LogP contribution in [0.2, 0.25) is 0 Å².